The maximum absolute atomic E-state index is 12.9. The number of ether oxygens (including phenoxy) is 2. The lowest BCUT2D eigenvalue weighted by Gasteiger charge is -2.09. The molecule has 0 bridgehead atoms. The summed E-state index contributed by atoms with van der Waals surface area (Å²) in [4.78, 5) is 22.0. The molecule has 4 aromatic rings. The van der Waals surface area contributed by atoms with Crippen LogP contribution in [0.15, 0.2) is 53.9 Å². The lowest BCUT2D eigenvalue weighted by Crippen LogP contribution is -2.13. The molecule has 2 aromatic carbocycles. The Labute approximate surface area is 172 Å². The molecule has 0 radical (unpaired) electrons. The van der Waals surface area contributed by atoms with Gasteiger partial charge in [0.25, 0.3) is 5.91 Å². The smallest absolute Gasteiger partial charge is 0.258 e. The highest BCUT2D eigenvalue weighted by atomic mass is 32.1. The van der Waals surface area contributed by atoms with E-state index in [1.54, 1.807) is 26.4 Å². The monoisotopic (exact) mass is 405 g/mol. The number of thiazole rings is 1. The SMILES string of the molecule is COc1ccc(-c2csc(NC(=O)c3cc(C)nc4ccccc34)n2)c(OC)c1. The van der Waals surface area contributed by atoms with Gasteiger partial charge in [-0.25, -0.2) is 4.98 Å². The fourth-order valence-corrected chi connectivity index (χ4v) is 3.83. The van der Waals surface area contributed by atoms with Crippen molar-refractivity contribution in [2.45, 2.75) is 6.92 Å². The minimum absolute atomic E-state index is 0.214. The van der Waals surface area contributed by atoms with Gasteiger partial charge in [-0.15, -0.1) is 11.3 Å². The molecule has 0 unspecified atom stereocenters. The molecule has 0 spiro atoms. The normalized spacial score (nSPS) is 10.7. The third-order valence-corrected chi connectivity index (χ3v) is 5.26. The number of benzene rings is 2. The van der Waals surface area contributed by atoms with E-state index in [2.05, 4.69) is 15.3 Å². The van der Waals surface area contributed by atoms with Crippen molar-refractivity contribution in [2.24, 2.45) is 0 Å². The Morgan fingerprint density at radius 1 is 1.03 bits per heavy atom. The minimum Gasteiger partial charge on any atom is -0.497 e. The second-order valence-electron chi connectivity index (χ2n) is 6.39. The first-order valence-electron chi connectivity index (χ1n) is 8.94. The van der Waals surface area contributed by atoms with E-state index in [0.717, 1.165) is 27.9 Å². The van der Waals surface area contributed by atoms with Crippen LogP contribution in [0.3, 0.4) is 0 Å². The number of nitrogens with one attached hydrogen (secondary N) is 1. The van der Waals surface area contributed by atoms with Crippen LogP contribution in [0.25, 0.3) is 22.2 Å². The predicted octanol–water partition coefficient (Wildman–Crippen LogP) is 4.94. The highest BCUT2D eigenvalue weighted by molar-refractivity contribution is 7.14. The molecule has 0 aliphatic heterocycles. The summed E-state index contributed by atoms with van der Waals surface area (Å²) in [6, 6.07) is 14.9. The molecular weight excluding hydrogens is 386 g/mol. The second-order valence-corrected chi connectivity index (χ2v) is 7.24. The highest BCUT2D eigenvalue weighted by Crippen LogP contribution is 2.35. The Hall–Kier alpha value is -3.45. The van der Waals surface area contributed by atoms with Crippen molar-refractivity contribution < 1.29 is 14.3 Å². The van der Waals surface area contributed by atoms with E-state index in [1.165, 1.54) is 11.3 Å². The van der Waals surface area contributed by atoms with Crippen LogP contribution in [0, 0.1) is 6.92 Å². The molecule has 2 aromatic heterocycles. The molecule has 6 nitrogen and oxygen atoms in total. The molecule has 0 saturated heterocycles. The number of anilines is 1. The van der Waals surface area contributed by atoms with Gasteiger partial charge < -0.3 is 9.47 Å². The Morgan fingerprint density at radius 3 is 2.66 bits per heavy atom. The van der Waals surface area contributed by atoms with Crippen LogP contribution in [0.2, 0.25) is 0 Å². The first kappa shape index (κ1) is 18.9. The van der Waals surface area contributed by atoms with Crippen molar-refractivity contribution in [1.29, 1.82) is 0 Å². The number of aryl methyl sites for hydroxylation is 1. The molecular formula is C22H19N3O3S. The number of carbonyl (C=O) groups is 1. The largest absolute Gasteiger partial charge is 0.497 e. The van der Waals surface area contributed by atoms with Crippen molar-refractivity contribution in [1.82, 2.24) is 9.97 Å². The van der Waals surface area contributed by atoms with Crippen LogP contribution in [0.4, 0.5) is 5.13 Å². The molecule has 0 saturated carbocycles. The zero-order valence-corrected chi connectivity index (χ0v) is 17.0. The molecule has 4 rings (SSSR count). The van der Waals surface area contributed by atoms with Crippen molar-refractivity contribution in [3.63, 3.8) is 0 Å². The van der Waals surface area contributed by atoms with Crippen LogP contribution in [0.1, 0.15) is 16.1 Å². The number of carbonyl (C=O) groups excluding carboxylic acids is 1. The van der Waals surface area contributed by atoms with Gasteiger partial charge in [0.1, 0.15) is 11.5 Å². The summed E-state index contributed by atoms with van der Waals surface area (Å²) in [5.74, 6) is 1.15. The molecule has 0 fully saturated rings. The highest BCUT2D eigenvalue weighted by Gasteiger charge is 2.16. The van der Waals surface area contributed by atoms with Crippen molar-refractivity contribution in [3.05, 3.63) is 65.2 Å². The lowest BCUT2D eigenvalue weighted by molar-refractivity contribution is 0.102. The molecule has 2 heterocycles. The Morgan fingerprint density at radius 2 is 1.86 bits per heavy atom. The second kappa shape index (κ2) is 7.89. The average Bonchev–Trinajstić information content (AvgIpc) is 3.20. The van der Waals surface area contributed by atoms with Gasteiger partial charge in [-0.2, -0.15) is 0 Å². The summed E-state index contributed by atoms with van der Waals surface area (Å²) in [6.45, 7) is 1.88. The van der Waals surface area contributed by atoms with Crippen molar-refractivity contribution in [2.75, 3.05) is 19.5 Å². The van der Waals surface area contributed by atoms with Gasteiger partial charge in [0.15, 0.2) is 5.13 Å². The van der Waals surface area contributed by atoms with Crippen LogP contribution < -0.4 is 14.8 Å². The van der Waals surface area contributed by atoms with Crippen LogP contribution in [-0.2, 0) is 0 Å². The van der Waals surface area contributed by atoms with E-state index in [9.17, 15) is 4.79 Å². The summed E-state index contributed by atoms with van der Waals surface area (Å²) in [6.07, 6.45) is 0. The van der Waals surface area contributed by atoms with Crippen LogP contribution >= 0.6 is 11.3 Å². The number of rotatable bonds is 5. The summed E-state index contributed by atoms with van der Waals surface area (Å²) in [7, 11) is 3.21. The molecule has 146 valence electrons. The Kier molecular flexibility index (Phi) is 5.14. The zero-order chi connectivity index (χ0) is 20.4. The standard InChI is InChI=1S/C22H19N3O3S/c1-13-10-17(15-6-4-5-7-18(15)23-13)21(26)25-22-24-19(12-29-22)16-9-8-14(27-2)11-20(16)28-3/h4-12H,1-3H3,(H,24,25,26). The van der Waals surface area contributed by atoms with Gasteiger partial charge in [0.05, 0.1) is 31.0 Å². The number of hydrogen-bond acceptors (Lipinski definition) is 6. The first-order chi connectivity index (χ1) is 14.1. The number of amides is 1. The van der Waals surface area contributed by atoms with Gasteiger partial charge in [-0.3, -0.25) is 15.1 Å². The number of methoxy groups -OCH3 is 2. The number of aromatic nitrogens is 2. The van der Waals surface area contributed by atoms with E-state index >= 15 is 0 Å². The predicted molar refractivity (Wildman–Crippen MR) is 115 cm³/mol. The fourth-order valence-electron chi connectivity index (χ4n) is 3.13. The lowest BCUT2D eigenvalue weighted by atomic mass is 10.1. The fraction of sp³-hybridized carbons (Fsp3) is 0.136. The molecule has 1 N–H and O–H groups in total. The Balaban J connectivity index is 1.63. The minimum atomic E-state index is -0.214. The topological polar surface area (TPSA) is 73.3 Å². The summed E-state index contributed by atoms with van der Waals surface area (Å²) < 4.78 is 10.7. The Bertz CT molecular complexity index is 1200. The van der Waals surface area contributed by atoms with E-state index in [0.29, 0.717) is 22.2 Å². The molecule has 7 heteroatoms. The number of hydrogen-bond donors (Lipinski definition) is 1. The van der Waals surface area contributed by atoms with Gasteiger partial charge in [-0.05, 0) is 31.2 Å². The van der Waals surface area contributed by atoms with Crippen LogP contribution in [-0.4, -0.2) is 30.1 Å². The van der Waals surface area contributed by atoms with Crippen molar-refractivity contribution in [3.8, 4) is 22.8 Å². The summed E-state index contributed by atoms with van der Waals surface area (Å²) in [5.41, 5.74) is 3.71. The summed E-state index contributed by atoms with van der Waals surface area (Å²) >= 11 is 1.36. The molecule has 0 atom stereocenters. The maximum atomic E-state index is 12.9. The maximum Gasteiger partial charge on any atom is 0.258 e. The van der Waals surface area contributed by atoms with E-state index in [1.807, 2.05) is 48.7 Å². The van der Waals surface area contributed by atoms with E-state index < -0.39 is 0 Å². The third-order valence-electron chi connectivity index (χ3n) is 4.50. The number of nitrogens with zero attached hydrogens (tertiary/aromatic N) is 2. The third kappa shape index (κ3) is 3.77. The molecule has 29 heavy (non-hydrogen) atoms. The molecule has 1 amide bonds. The van der Waals surface area contributed by atoms with Gasteiger partial charge in [0.2, 0.25) is 0 Å². The number of para-hydroxylation sites is 1. The molecule has 0 aliphatic carbocycles. The van der Waals surface area contributed by atoms with E-state index in [4.69, 9.17) is 9.47 Å². The average molecular weight is 405 g/mol. The van der Waals surface area contributed by atoms with Gasteiger partial charge >= 0.3 is 0 Å². The zero-order valence-electron chi connectivity index (χ0n) is 16.2. The van der Waals surface area contributed by atoms with Gasteiger partial charge in [0, 0.05) is 28.1 Å². The van der Waals surface area contributed by atoms with Crippen molar-refractivity contribution >= 4 is 33.3 Å². The van der Waals surface area contributed by atoms with Gasteiger partial charge in [-0.1, -0.05) is 18.2 Å². The molecule has 0 aliphatic rings. The van der Waals surface area contributed by atoms with E-state index in [-0.39, 0.29) is 5.91 Å². The summed E-state index contributed by atoms with van der Waals surface area (Å²) in [5, 5.41) is 6.11. The first-order valence-corrected chi connectivity index (χ1v) is 9.82. The van der Waals surface area contributed by atoms with Crippen LogP contribution in [0.5, 0.6) is 11.5 Å². The number of pyridine rings is 1. The quantitative estimate of drug-likeness (QED) is 0.509. The number of fused-ring (bicyclic) bond motifs is 1.